The molecule has 0 fully saturated rings. The van der Waals surface area contributed by atoms with Crippen molar-refractivity contribution in [3.05, 3.63) is 35.1 Å². The van der Waals surface area contributed by atoms with Gasteiger partial charge in [-0.15, -0.1) is 10.2 Å². The van der Waals surface area contributed by atoms with Crippen LogP contribution < -0.4 is 5.32 Å². The molecule has 2 rings (SSSR count). The average molecular weight is 339 g/mol. The second kappa shape index (κ2) is 8.19. The van der Waals surface area contributed by atoms with Gasteiger partial charge in [0.15, 0.2) is 5.16 Å². The van der Waals surface area contributed by atoms with Crippen LogP contribution in [-0.4, -0.2) is 33.0 Å². The lowest BCUT2D eigenvalue weighted by Gasteiger charge is -2.08. The van der Waals surface area contributed by atoms with Crippen molar-refractivity contribution in [2.75, 3.05) is 12.3 Å². The Morgan fingerprint density at radius 2 is 2.27 bits per heavy atom. The quantitative estimate of drug-likeness (QED) is 0.622. The molecule has 2 aromatic rings. The first-order chi connectivity index (χ1) is 10.6. The molecule has 0 unspecified atom stereocenters. The molecule has 0 aliphatic carbocycles. The van der Waals surface area contributed by atoms with Crippen LogP contribution in [0, 0.1) is 6.92 Å². The first-order valence-corrected chi connectivity index (χ1v) is 8.54. The highest BCUT2D eigenvalue weighted by atomic mass is 35.5. The number of thioether (sulfide) groups is 1. The molecule has 7 heteroatoms. The summed E-state index contributed by atoms with van der Waals surface area (Å²) in [6.07, 6.45) is 3.68. The standard InChI is InChI=1S/C15H19ClN4OS/c1-3-4-7-17-14(21)9-22-15-19-18-10-20(15)12-6-5-11(2)13(16)8-12/h5-6,8,10H,3-4,7,9H2,1-2H3,(H,17,21). The topological polar surface area (TPSA) is 59.8 Å². The molecule has 0 atom stereocenters. The zero-order valence-electron chi connectivity index (χ0n) is 12.7. The second-order valence-corrected chi connectivity index (χ2v) is 6.26. The van der Waals surface area contributed by atoms with Gasteiger partial charge in [-0.05, 0) is 31.0 Å². The molecule has 0 aliphatic heterocycles. The number of benzene rings is 1. The molecule has 0 radical (unpaired) electrons. The van der Waals surface area contributed by atoms with Crippen molar-refractivity contribution in [1.29, 1.82) is 0 Å². The highest BCUT2D eigenvalue weighted by Crippen LogP contribution is 2.23. The van der Waals surface area contributed by atoms with Gasteiger partial charge in [0.2, 0.25) is 5.91 Å². The van der Waals surface area contributed by atoms with Gasteiger partial charge in [-0.1, -0.05) is 42.8 Å². The van der Waals surface area contributed by atoms with Gasteiger partial charge >= 0.3 is 0 Å². The molecule has 1 aromatic heterocycles. The van der Waals surface area contributed by atoms with Crippen molar-refractivity contribution in [2.24, 2.45) is 0 Å². The second-order valence-electron chi connectivity index (χ2n) is 4.91. The Balaban J connectivity index is 2.00. The highest BCUT2D eigenvalue weighted by Gasteiger charge is 2.10. The maximum atomic E-state index is 11.7. The van der Waals surface area contributed by atoms with Crippen LogP contribution >= 0.6 is 23.4 Å². The molecule has 22 heavy (non-hydrogen) atoms. The van der Waals surface area contributed by atoms with Crippen LogP contribution in [0.4, 0.5) is 0 Å². The molecule has 1 N–H and O–H groups in total. The first kappa shape index (κ1) is 16.8. The maximum Gasteiger partial charge on any atom is 0.230 e. The van der Waals surface area contributed by atoms with Crippen molar-refractivity contribution in [3.8, 4) is 5.69 Å². The molecule has 0 spiro atoms. The Labute approximate surface area is 139 Å². The van der Waals surface area contributed by atoms with E-state index in [1.807, 2.05) is 29.7 Å². The fraction of sp³-hybridized carbons (Fsp3) is 0.400. The zero-order chi connectivity index (χ0) is 15.9. The van der Waals surface area contributed by atoms with Crippen LogP contribution in [0.2, 0.25) is 5.02 Å². The van der Waals surface area contributed by atoms with Crippen molar-refractivity contribution in [1.82, 2.24) is 20.1 Å². The minimum absolute atomic E-state index is 0.00920. The van der Waals surface area contributed by atoms with Gasteiger partial charge in [0.25, 0.3) is 0 Å². The molecule has 0 saturated heterocycles. The van der Waals surface area contributed by atoms with Crippen LogP contribution in [0.25, 0.3) is 5.69 Å². The Bertz CT molecular complexity index is 644. The third-order valence-corrected chi connectivity index (χ3v) is 4.49. The third kappa shape index (κ3) is 4.48. The summed E-state index contributed by atoms with van der Waals surface area (Å²) in [6, 6.07) is 5.77. The summed E-state index contributed by atoms with van der Waals surface area (Å²) < 4.78 is 1.83. The van der Waals surface area contributed by atoms with Crippen LogP contribution in [-0.2, 0) is 4.79 Å². The molecule has 0 aliphatic rings. The third-order valence-electron chi connectivity index (χ3n) is 3.13. The minimum Gasteiger partial charge on any atom is -0.355 e. The van der Waals surface area contributed by atoms with E-state index in [9.17, 15) is 4.79 Å². The van der Waals surface area contributed by atoms with E-state index in [0.29, 0.717) is 15.9 Å². The number of hydrogen-bond acceptors (Lipinski definition) is 4. The predicted molar refractivity (Wildman–Crippen MR) is 89.7 cm³/mol. The minimum atomic E-state index is 0.00920. The summed E-state index contributed by atoms with van der Waals surface area (Å²) in [4.78, 5) is 11.7. The molecule has 0 saturated carbocycles. The average Bonchev–Trinajstić information content (AvgIpc) is 2.97. The number of aryl methyl sites for hydroxylation is 1. The Kier molecular flexibility index (Phi) is 6.27. The summed E-state index contributed by atoms with van der Waals surface area (Å²) in [5, 5.41) is 12.2. The lowest BCUT2D eigenvalue weighted by atomic mass is 10.2. The molecule has 1 amide bonds. The molecule has 5 nitrogen and oxygen atoms in total. The van der Waals surface area contributed by atoms with Crippen molar-refractivity contribution in [2.45, 2.75) is 31.8 Å². The maximum absolute atomic E-state index is 11.7. The van der Waals surface area contributed by atoms with Crippen LogP contribution in [0.1, 0.15) is 25.3 Å². The van der Waals surface area contributed by atoms with E-state index >= 15 is 0 Å². The highest BCUT2D eigenvalue weighted by molar-refractivity contribution is 7.99. The van der Waals surface area contributed by atoms with E-state index in [-0.39, 0.29) is 5.91 Å². The van der Waals surface area contributed by atoms with Crippen LogP contribution in [0.15, 0.2) is 29.7 Å². The molecule has 118 valence electrons. The predicted octanol–water partition coefficient (Wildman–Crippen LogP) is 3.24. The van der Waals surface area contributed by atoms with E-state index in [4.69, 9.17) is 11.6 Å². The number of halogens is 1. The molecular weight excluding hydrogens is 320 g/mol. The summed E-state index contributed by atoms with van der Waals surface area (Å²) in [5.41, 5.74) is 1.90. The van der Waals surface area contributed by atoms with Crippen molar-refractivity contribution < 1.29 is 4.79 Å². The molecule has 1 aromatic carbocycles. The summed E-state index contributed by atoms with van der Waals surface area (Å²) in [7, 11) is 0. The number of nitrogens with one attached hydrogen (secondary N) is 1. The van der Waals surface area contributed by atoms with Crippen molar-refractivity contribution in [3.63, 3.8) is 0 Å². The normalized spacial score (nSPS) is 10.7. The Hall–Kier alpha value is -1.53. The van der Waals surface area contributed by atoms with Gasteiger partial charge in [0.1, 0.15) is 6.33 Å². The zero-order valence-corrected chi connectivity index (χ0v) is 14.2. The summed E-state index contributed by atoms with van der Waals surface area (Å²) >= 11 is 7.52. The van der Waals surface area contributed by atoms with Gasteiger partial charge in [-0.3, -0.25) is 9.36 Å². The van der Waals surface area contributed by atoms with Crippen LogP contribution in [0.3, 0.4) is 0 Å². The Morgan fingerprint density at radius 3 is 3.00 bits per heavy atom. The van der Waals surface area contributed by atoms with Crippen LogP contribution in [0.5, 0.6) is 0 Å². The van der Waals surface area contributed by atoms with E-state index in [0.717, 1.165) is 30.6 Å². The van der Waals surface area contributed by atoms with Gasteiger partial charge < -0.3 is 5.32 Å². The number of carbonyl (C=O) groups is 1. The number of nitrogens with zero attached hydrogens (tertiary/aromatic N) is 3. The number of rotatable bonds is 7. The van der Waals surface area contributed by atoms with Crippen molar-refractivity contribution >= 4 is 29.3 Å². The Morgan fingerprint density at radius 1 is 1.45 bits per heavy atom. The van der Waals surface area contributed by atoms with Gasteiger partial charge in [0.05, 0.1) is 11.4 Å². The number of aromatic nitrogens is 3. The van der Waals surface area contributed by atoms with E-state index < -0.39 is 0 Å². The fourth-order valence-corrected chi connectivity index (χ4v) is 2.75. The molecule has 0 bridgehead atoms. The number of unbranched alkanes of at least 4 members (excludes halogenated alkanes) is 1. The first-order valence-electron chi connectivity index (χ1n) is 7.18. The van der Waals surface area contributed by atoms with E-state index in [1.165, 1.54) is 11.8 Å². The smallest absolute Gasteiger partial charge is 0.230 e. The largest absolute Gasteiger partial charge is 0.355 e. The lowest BCUT2D eigenvalue weighted by Crippen LogP contribution is -2.26. The lowest BCUT2D eigenvalue weighted by molar-refractivity contribution is -0.118. The summed E-state index contributed by atoms with van der Waals surface area (Å²) in [6.45, 7) is 4.76. The van der Waals surface area contributed by atoms with E-state index in [1.54, 1.807) is 6.33 Å². The van der Waals surface area contributed by atoms with Gasteiger partial charge in [0, 0.05) is 11.6 Å². The molecular formula is C15H19ClN4OS. The number of hydrogen-bond donors (Lipinski definition) is 1. The summed E-state index contributed by atoms with van der Waals surface area (Å²) in [5.74, 6) is 0.331. The van der Waals surface area contributed by atoms with Gasteiger partial charge in [-0.2, -0.15) is 0 Å². The monoisotopic (exact) mass is 338 g/mol. The fourth-order valence-electron chi connectivity index (χ4n) is 1.82. The number of carbonyl (C=O) groups excluding carboxylic acids is 1. The van der Waals surface area contributed by atoms with Gasteiger partial charge in [-0.25, -0.2) is 0 Å². The number of amides is 1. The molecule has 1 heterocycles. The SMILES string of the molecule is CCCCNC(=O)CSc1nncn1-c1ccc(C)c(Cl)c1. The van der Waals surface area contributed by atoms with E-state index in [2.05, 4.69) is 22.4 Å².